The fourth-order valence-corrected chi connectivity index (χ4v) is 7.78. The summed E-state index contributed by atoms with van der Waals surface area (Å²) in [5, 5.41) is 0. The van der Waals surface area contributed by atoms with Gasteiger partial charge in [0.25, 0.3) is 8.53 Å². The average Bonchev–Trinajstić information content (AvgIpc) is 3.14. The van der Waals surface area contributed by atoms with Gasteiger partial charge in [0, 0.05) is 12.1 Å². The van der Waals surface area contributed by atoms with Crippen molar-refractivity contribution in [2.24, 2.45) is 0 Å². The van der Waals surface area contributed by atoms with Gasteiger partial charge in [0.2, 0.25) is 0 Å². The van der Waals surface area contributed by atoms with Crippen molar-refractivity contribution in [3.8, 4) is 0 Å². The minimum atomic E-state index is -1.52. The molecular weight excluding hydrogens is 661 g/mol. The van der Waals surface area contributed by atoms with Crippen LogP contribution in [0.5, 0.6) is 0 Å². The number of ether oxygens (including phenoxy) is 5. The number of hydrogen-bond acceptors (Lipinski definition) is 8. The van der Waals surface area contributed by atoms with E-state index in [0.717, 1.165) is 22.3 Å². The maximum Gasteiger partial charge on any atom is 0.261 e. The van der Waals surface area contributed by atoms with Crippen LogP contribution in [0.1, 0.15) is 56.9 Å². The van der Waals surface area contributed by atoms with Gasteiger partial charge in [-0.05, 0) is 56.9 Å². The van der Waals surface area contributed by atoms with Crippen molar-refractivity contribution >= 4 is 8.53 Å². The topological polar surface area (TPSA) is 67.9 Å². The third kappa shape index (κ3) is 12.0. The molecule has 1 heterocycles. The summed E-state index contributed by atoms with van der Waals surface area (Å²) in [5.41, 5.74) is 4.21. The summed E-state index contributed by atoms with van der Waals surface area (Å²) in [6, 6.07) is 40.9. The van der Waals surface area contributed by atoms with Gasteiger partial charge < -0.3 is 28.2 Å². The van der Waals surface area contributed by atoms with Crippen LogP contribution in [0.2, 0.25) is 0 Å². The van der Waals surface area contributed by atoms with Crippen molar-refractivity contribution in [3.05, 3.63) is 144 Å². The molecule has 1 saturated heterocycles. The van der Waals surface area contributed by atoms with E-state index in [1.807, 2.05) is 79.7 Å². The van der Waals surface area contributed by atoms with Crippen LogP contribution in [0.15, 0.2) is 121 Å². The van der Waals surface area contributed by atoms with Gasteiger partial charge in [-0.2, -0.15) is 0 Å². The third-order valence-electron chi connectivity index (χ3n) is 8.52. The highest BCUT2D eigenvalue weighted by molar-refractivity contribution is 7.44. The standard InChI is InChI=1S/C42H54NO7P/c1-6-48-51(43(32(2)3)33(4)5)50-42-41(47-30-37-25-17-10-18-26-37)40(46-29-36-23-15-9-16-24-36)39(45-28-35-21-13-8-14-22-35)38(49-42)31-44-27-34-19-11-7-12-20-34/h7-26,32-33,38-42H,6,27-31H2,1-5H3/t38-,39+,40+,41-,42+,51?/m1/s1. The summed E-state index contributed by atoms with van der Waals surface area (Å²) in [5.74, 6) is 0. The molecule has 4 aromatic carbocycles. The Hall–Kier alpha value is -3.01. The second-order valence-electron chi connectivity index (χ2n) is 13.2. The second-order valence-corrected chi connectivity index (χ2v) is 14.6. The van der Waals surface area contributed by atoms with E-state index in [4.69, 9.17) is 32.7 Å². The predicted octanol–water partition coefficient (Wildman–Crippen LogP) is 9.08. The van der Waals surface area contributed by atoms with Crippen LogP contribution < -0.4 is 0 Å². The van der Waals surface area contributed by atoms with E-state index in [-0.39, 0.29) is 18.7 Å². The maximum absolute atomic E-state index is 6.94. The summed E-state index contributed by atoms with van der Waals surface area (Å²) in [7, 11) is -1.52. The minimum Gasteiger partial charge on any atom is -0.374 e. The van der Waals surface area contributed by atoms with E-state index in [1.165, 1.54) is 0 Å². The van der Waals surface area contributed by atoms with Gasteiger partial charge in [-0.1, -0.05) is 121 Å². The zero-order valence-electron chi connectivity index (χ0n) is 30.6. The first-order valence-corrected chi connectivity index (χ1v) is 19.2. The smallest absolute Gasteiger partial charge is 0.261 e. The van der Waals surface area contributed by atoms with Crippen molar-refractivity contribution in [1.82, 2.24) is 4.67 Å². The van der Waals surface area contributed by atoms with Gasteiger partial charge in [-0.25, -0.2) is 4.67 Å². The summed E-state index contributed by atoms with van der Waals surface area (Å²) >= 11 is 0. The second kappa shape index (κ2) is 20.9. The van der Waals surface area contributed by atoms with Crippen LogP contribution >= 0.6 is 8.53 Å². The van der Waals surface area contributed by atoms with Gasteiger partial charge in [0.15, 0.2) is 6.29 Å². The van der Waals surface area contributed by atoms with Gasteiger partial charge in [-0.15, -0.1) is 0 Å². The molecule has 0 aromatic heterocycles. The Bertz CT molecular complexity index is 1490. The Morgan fingerprint density at radius 3 is 1.41 bits per heavy atom. The lowest BCUT2D eigenvalue weighted by Crippen LogP contribution is -2.61. The summed E-state index contributed by atoms with van der Waals surface area (Å²) in [6.45, 7) is 12.9. The first-order chi connectivity index (χ1) is 24.9. The Morgan fingerprint density at radius 2 is 0.980 bits per heavy atom. The Morgan fingerprint density at radius 1 is 0.569 bits per heavy atom. The van der Waals surface area contributed by atoms with Crippen molar-refractivity contribution in [1.29, 1.82) is 0 Å². The van der Waals surface area contributed by atoms with Crippen LogP contribution in [0.3, 0.4) is 0 Å². The lowest BCUT2D eigenvalue weighted by molar-refractivity contribution is -0.311. The molecule has 1 fully saturated rings. The lowest BCUT2D eigenvalue weighted by atomic mass is 9.98. The largest absolute Gasteiger partial charge is 0.374 e. The van der Waals surface area contributed by atoms with E-state index >= 15 is 0 Å². The van der Waals surface area contributed by atoms with E-state index in [2.05, 4.69) is 80.9 Å². The first-order valence-electron chi connectivity index (χ1n) is 18.0. The molecule has 0 amide bonds. The maximum atomic E-state index is 6.94. The zero-order chi connectivity index (χ0) is 35.8. The quantitative estimate of drug-likeness (QED) is 0.0840. The SMILES string of the molecule is CCOP(O[C@@H]1O[C@H](COCc2ccccc2)[C@H](OCc2ccccc2)[C@H](OCc2ccccc2)[C@H]1OCc1ccccc1)N(C(C)C)C(C)C. The molecule has 1 aliphatic heterocycles. The molecule has 0 bridgehead atoms. The molecule has 1 aliphatic rings. The Labute approximate surface area is 305 Å². The average molecular weight is 716 g/mol. The minimum absolute atomic E-state index is 0.173. The van der Waals surface area contributed by atoms with Crippen LogP contribution in [-0.4, -0.2) is 60.7 Å². The molecule has 0 saturated carbocycles. The molecule has 6 atom stereocenters. The van der Waals surface area contributed by atoms with Crippen LogP contribution in [-0.2, 0) is 59.2 Å². The van der Waals surface area contributed by atoms with Crippen molar-refractivity contribution < 1.29 is 32.7 Å². The number of rotatable bonds is 20. The molecule has 0 aliphatic carbocycles. The first kappa shape index (κ1) is 39.2. The molecule has 5 rings (SSSR count). The van der Waals surface area contributed by atoms with Gasteiger partial charge in [0.05, 0.1) is 39.6 Å². The summed E-state index contributed by atoms with van der Waals surface area (Å²) in [4.78, 5) is 0. The van der Waals surface area contributed by atoms with Crippen LogP contribution in [0, 0.1) is 0 Å². The highest BCUT2D eigenvalue weighted by Crippen LogP contribution is 2.49. The molecule has 4 aromatic rings. The predicted molar refractivity (Wildman–Crippen MR) is 202 cm³/mol. The van der Waals surface area contributed by atoms with Crippen molar-refractivity contribution in [2.75, 3.05) is 13.2 Å². The number of benzene rings is 4. The van der Waals surface area contributed by atoms with E-state index in [9.17, 15) is 0 Å². The van der Waals surface area contributed by atoms with E-state index in [1.54, 1.807) is 0 Å². The van der Waals surface area contributed by atoms with Crippen molar-refractivity contribution in [3.63, 3.8) is 0 Å². The van der Waals surface area contributed by atoms with Gasteiger partial charge >= 0.3 is 0 Å². The number of hydrogen-bond donors (Lipinski definition) is 0. The van der Waals surface area contributed by atoms with Crippen molar-refractivity contribution in [2.45, 2.75) is 104 Å². The Kier molecular flexibility index (Phi) is 16.1. The highest BCUT2D eigenvalue weighted by Gasteiger charge is 2.50. The normalized spacial score (nSPS) is 21.4. The zero-order valence-corrected chi connectivity index (χ0v) is 31.5. The molecule has 0 spiro atoms. The molecule has 8 nitrogen and oxygen atoms in total. The van der Waals surface area contributed by atoms with Crippen LogP contribution in [0.4, 0.5) is 0 Å². The van der Waals surface area contributed by atoms with Gasteiger partial charge in [0.1, 0.15) is 24.4 Å². The fourth-order valence-electron chi connectivity index (χ4n) is 6.16. The highest BCUT2D eigenvalue weighted by atomic mass is 31.2. The fraction of sp³-hybridized carbons (Fsp3) is 0.429. The lowest BCUT2D eigenvalue weighted by Gasteiger charge is -2.47. The monoisotopic (exact) mass is 715 g/mol. The molecule has 1 unspecified atom stereocenters. The number of nitrogens with zero attached hydrogens (tertiary/aromatic N) is 1. The molecule has 274 valence electrons. The Balaban J connectivity index is 1.51. The van der Waals surface area contributed by atoms with E-state index < -0.39 is 39.2 Å². The molecule has 0 radical (unpaired) electrons. The van der Waals surface area contributed by atoms with Gasteiger partial charge in [-0.3, -0.25) is 4.52 Å². The molecule has 0 N–H and O–H groups in total. The third-order valence-corrected chi connectivity index (χ3v) is 10.7. The molecule has 51 heavy (non-hydrogen) atoms. The van der Waals surface area contributed by atoms with Crippen LogP contribution in [0.25, 0.3) is 0 Å². The summed E-state index contributed by atoms with van der Waals surface area (Å²) in [6.07, 6.45) is -3.16. The summed E-state index contributed by atoms with van der Waals surface area (Å²) < 4.78 is 49.3. The molecular formula is C42H54NO7P. The van der Waals surface area contributed by atoms with E-state index in [0.29, 0.717) is 33.0 Å². The molecule has 9 heteroatoms.